The predicted molar refractivity (Wildman–Crippen MR) is 65.3 cm³/mol. The van der Waals surface area contributed by atoms with E-state index >= 15 is 0 Å². The SMILES string of the molecule is CCC(CO)N=C1C=C(N)OC1(CC)CC. The molecule has 1 aliphatic rings. The highest BCUT2D eigenvalue weighted by molar-refractivity contribution is 6.04. The topological polar surface area (TPSA) is 67.8 Å². The zero-order chi connectivity index (χ0) is 12.2. The number of aliphatic imine (C=N–C) groups is 1. The minimum atomic E-state index is -0.382. The molecule has 0 saturated heterocycles. The summed E-state index contributed by atoms with van der Waals surface area (Å²) in [4.78, 5) is 4.54. The zero-order valence-corrected chi connectivity index (χ0v) is 10.4. The van der Waals surface area contributed by atoms with Crippen LogP contribution in [0.25, 0.3) is 0 Å². The number of ether oxygens (including phenoxy) is 1. The average Bonchev–Trinajstić information content (AvgIpc) is 2.62. The molecule has 1 rings (SSSR count). The van der Waals surface area contributed by atoms with Gasteiger partial charge in [-0.2, -0.15) is 0 Å². The Kier molecular flexibility index (Phi) is 4.35. The standard InChI is InChI=1S/C12H22N2O2/c1-4-9(8-15)14-10-7-11(13)16-12(10,5-2)6-3/h7,9,15H,4-6,8,13H2,1-3H3. The quantitative estimate of drug-likeness (QED) is 0.748. The molecule has 0 saturated carbocycles. The highest BCUT2D eigenvalue weighted by Gasteiger charge is 2.38. The normalized spacial score (nSPS) is 23.0. The maximum atomic E-state index is 9.17. The molecule has 1 heterocycles. The first-order chi connectivity index (χ1) is 7.61. The second-order valence-corrected chi connectivity index (χ2v) is 4.11. The molecule has 4 heteroatoms. The van der Waals surface area contributed by atoms with Gasteiger partial charge in [-0.3, -0.25) is 4.99 Å². The minimum absolute atomic E-state index is 0.0572. The van der Waals surface area contributed by atoms with Crippen LogP contribution >= 0.6 is 0 Å². The third-order valence-electron chi connectivity index (χ3n) is 3.20. The zero-order valence-electron chi connectivity index (χ0n) is 10.4. The second-order valence-electron chi connectivity index (χ2n) is 4.11. The van der Waals surface area contributed by atoms with Gasteiger partial charge in [0.05, 0.1) is 18.4 Å². The Balaban J connectivity index is 2.98. The van der Waals surface area contributed by atoms with Gasteiger partial charge in [0, 0.05) is 6.08 Å². The summed E-state index contributed by atoms with van der Waals surface area (Å²) in [5.74, 6) is 0.426. The lowest BCUT2D eigenvalue weighted by molar-refractivity contribution is 0.0663. The van der Waals surface area contributed by atoms with Crippen molar-refractivity contribution in [1.29, 1.82) is 0 Å². The van der Waals surface area contributed by atoms with Crippen molar-refractivity contribution in [2.24, 2.45) is 10.7 Å². The van der Waals surface area contributed by atoms with Gasteiger partial charge in [0.2, 0.25) is 0 Å². The van der Waals surface area contributed by atoms with Gasteiger partial charge < -0.3 is 15.6 Å². The molecular formula is C12H22N2O2. The van der Waals surface area contributed by atoms with Crippen molar-refractivity contribution >= 4 is 5.71 Å². The molecule has 1 atom stereocenters. The summed E-state index contributed by atoms with van der Waals surface area (Å²) in [6.07, 6.45) is 4.27. The van der Waals surface area contributed by atoms with E-state index in [-0.39, 0.29) is 18.2 Å². The van der Waals surface area contributed by atoms with Crippen molar-refractivity contribution in [2.75, 3.05) is 6.61 Å². The molecule has 0 aromatic carbocycles. The molecule has 1 aliphatic heterocycles. The molecule has 16 heavy (non-hydrogen) atoms. The first-order valence-corrected chi connectivity index (χ1v) is 5.97. The summed E-state index contributed by atoms with van der Waals surface area (Å²) in [6.45, 7) is 6.20. The first kappa shape index (κ1) is 13.0. The van der Waals surface area contributed by atoms with Crippen LogP contribution in [0.15, 0.2) is 17.0 Å². The van der Waals surface area contributed by atoms with E-state index in [1.807, 2.05) is 6.92 Å². The Morgan fingerprint density at radius 2 is 2.06 bits per heavy atom. The summed E-state index contributed by atoms with van der Waals surface area (Å²) < 4.78 is 5.68. The molecule has 0 radical (unpaired) electrons. The van der Waals surface area contributed by atoms with E-state index in [0.29, 0.717) is 5.88 Å². The summed E-state index contributed by atoms with van der Waals surface area (Å²) >= 11 is 0. The van der Waals surface area contributed by atoms with Crippen molar-refractivity contribution in [3.8, 4) is 0 Å². The van der Waals surface area contributed by atoms with Gasteiger partial charge in [0.25, 0.3) is 0 Å². The average molecular weight is 226 g/mol. The second kappa shape index (κ2) is 5.34. The van der Waals surface area contributed by atoms with Crippen molar-refractivity contribution in [3.63, 3.8) is 0 Å². The molecule has 0 amide bonds. The summed E-state index contributed by atoms with van der Waals surface area (Å²) in [5.41, 5.74) is 6.19. The van der Waals surface area contributed by atoms with Crippen LogP contribution in [0.4, 0.5) is 0 Å². The number of hydrogen-bond donors (Lipinski definition) is 2. The Morgan fingerprint density at radius 1 is 1.44 bits per heavy atom. The van der Waals surface area contributed by atoms with E-state index in [1.165, 1.54) is 0 Å². The van der Waals surface area contributed by atoms with Crippen molar-refractivity contribution in [2.45, 2.75) is 51.7 Å². The summed E-state index contributed by atoms with van der Waals surface area (Å²) in [7, 11) is 0. The van der Waals surface area contributed by atoms with Gasteiger partial charge in [0.1, 0.15) is 0 Å². The van der Waals surface area contributed by atoms with E-state index in [2.05, 4.69) is 18.8 Å². The highest BCUT2D eigenvalue weighted by atomic mass is 16.5. The number of aliphatic hydroxyl groups is 1. The number of nitrogens with two attached hydrogens (primary N) is 1. The molecule has 0 spiro atoms. The maximum absolute atomic E-state index is 9.17. The van der Waals surface area contributed by atoms with Crippen molar-refractivity contribution in [3.05, 3.63) is 12.0 Å². The van der Waals surface area contributed by atoms with Gasteiger partial charge in [-0.25, -0.2) is 0 Å². The van der Waals surface area contributed by atoms with Crippen LogP contribution in [0.3, 0.4) is 0 Å². The Bertz CT molecular complexity index is 289. The summed E-state index contributed by atoms with van der Waals surface area (Å²) in [5, 5.41) is 9.17. The van der Waals surface area contributed by atoms with Gasteiger partial charge in [-0.1, -0.05) is 20.8 Å². The molecule has 0 bridgehead atoms. The first-order valence-electron chi connectivity index (χ1n) is 5.97. The van der Waals surface area contributed by atoms with Crippen molar-refractivity contribution < 1.29 is 9.84 Å². The largest absolute Gasteiger partial charge is 0.466 e. The van der Waals surface area contributed by atoms with Gasteiger partial charge >= 0.3 is 0 Å². The third kappa shape index (κ3) is 2.38. The van der Waals surface area contributed by atoms with E-state index in [1.54, 1.807) is 6.08 Å². The fraction of sp³-hybridized carbons (Fsp3) is 0.750. The molecule has 0 aliphatic carbocycles. The fourth-order valence-corrected chi connectivity index (χ4v) is 1.94. The van der Waals surface area contributed by atoms with Crippen LogP contribution in [-0.4, -0.2) is 29.1 Å². The number of rotatable bonds is 5. The monoisotopic (exact) mass is 226 g/mol. The maximum Gasteiger partial charge on any atom is 0.187 e. The molecule has 1 unspecified atom stereocenters. The minimum Gasteiger partial charge on any atom is -0.466 e. The lowest BCUT2D eigenvalue weighted by atomic mass is 9.92. The van der Waals surface area contributed by atoms with Crippen LogP contribution in [-0.2, 0) is 4.74 Å². The van der Waals surface area contributed by atoms with E-state index in [4.69, 9.17) is 15.6 Å². The molecule has 0 fully saturated rings. The third-order valence-corrected chi connectivity index (χ3v) is 3.20. The van der Waals surface area contributed by atoms with E-state index in [9.17, 15) is 0 Å². The summed E-state index contributed by atoms with van der Waals surface area (Å²) in [6, 6.07) is -0.0572. The highest BCUT2D eigenvalue weighted by Crippen LogP contribution is 2.31. The van der Waals surface area contributed by atoms with Gasteiger partial charge in [-0.15, -0.1) is 0 Å². The van der Waals surface area contributed by atoms with E-state index < -0.39 is 0 Å². The molecular weight excluding hydrogens is 204 g/mol. The van der Waals surface area contributed by atoms with Crippen LogP contribution < -0.4 is 5.73 Å². The van der Waals surface area contributed by atoms with Crippen LogP contribution in [0, 0.1) is 0 Å². The predicted octanol–water partition coefficient (Wildman–Crippen LogP) is 1.59. The Labute approximate surface area is 97.2 Å². The van der Waals surface area contributed by atoms with Crippen LogP contribution in [0.1, 0.15) is 40.0 Å². The molecule has 0 aromatic rings. The Hall–Kier alpha value is -1.03. The van der Waals surface area contributed by atoms with Gasteiger partial charge in [-0.05, 0) is 19.3 Å². The number of hydrogen-bond acceptors (Lipinski definition) is 4. The number of nitrogens with zero attached hydrogens (tertiary/aromatic N) is 1. The van der Waals surface area contributed by atoms with Crippen LogP contribution in [0.2, 0.25) is 0 Å². The molecule has 92 valence electrons. The lowest BCUT2D eigenvalue weighted by Crippen LogP contribution is -2.36. The lowest BCUT2D eigenvalue weighted by Gasteiger charge is -2.28. The smallest absolute Gasteiger partial charge is 0.187 e. The fourth-order valence-electron chi connectivity index (χ4n) is 1.94. The van der Waals surface area contributed by atoms with E-state index in [0.717, 1.165) is 25.0 Å². The van der Waals surface area contributed by atoms with Crippen molar-refractivity contribution in [1.82, 2.24) is 0 Å². The molecule has 4 nitrogen and oxygen atoms in total. The molecule has 3 N–H and O–H groups in total. The van der Waals surface area contributed by atoms with Crippen LogP contribution in [0.5, 0.6) is 0 Å². The van der Waals surface area contributed by atoms with Gasteiger partial charge in [0.15, 0.2) is 11.5 Å². The number of aliphatic hydroxyl groups excluding tert-OH is 1. The molecule has 0 aromatic heterocycles. The Morgan fingerprint density at radius 3 is 2.50 bits per heavy atom.